The van der Waals surface area contributed by atoms with Gasteiger partial charge in [-0.15, -0.1) is 0 Å². The minimum atomic E-state index is -0.687. The monoisotopic (exact) mass is 1540 g/mol. The van der Waals surface area contributed by atoms with Crippen LogP contribution in [-0.2, 0) is 105 Å². The van der Waals surface area contributed by atoms with Gasteiger partial charge in [0.1, 0.15) is 68.0 Å². The highest BCUT2D eigenvalue weighted by molar-refractivity contribution is 5.83. The average molecular weight is 1540 g/mol. The largest absolute Gasteiger partial charge is 0.463 e. The molecule has 0 amide bonds. The van der Waals surface area contributed by atoms with Gasteiger partial charge in [0.2, 0.25) is 6.10 Å². The third-order valence-corrected chi connectivity index (χ3v) is 30.0. The van der Waals surface area contributed by atoms with E-state index in [0.717, 1.165) is 93.8 Å². The van der Waals surface area contributed by atoms with Crippen LogP contribution in [0.2, 0.25) is 0 Å². The number of fused-ring (bicyclic) bond motifs is 5. The molecule has 18 fully saturated rings. The first-order valence-corrected chi connectivity index (χ1v) is 42.3. The Kier molecular flexibility index (Phi) is 25.2. The normalized spacial score (nSPS) is 40.9. The molecular weight excluding hydrogens is 1400 g/mol. The molecular formula is C86H136O23. The Morgan fingerprint density at radius 2 is 0.899 bits per heavy atom. The smallest absolute Gasteiger partial charge is 0.347 e. The van der Waals surface area contributed by atoms with Gasteiger partial charge in [0, 0.05) is 24.7 Å². The van der Waals surface area contributed by atoms with Gasteiger partial charge in [0.05, 0.1) is 83.8 Å². The minimum Gasteiger partial charge on any atom is -0.463 e. The average Bonchev–Trinajstić information content (AvgIpc) is 1.27. The molecule has 23 heteroatoms. The molecule has 1 N–H and O–H groups in total. The van der Waals surface area contributed by atoms with E-state index >= 15 is 0 Å². The molecule has 12 saturated carbocycles. The molecule has 0 aromatic carbocycles. The molecule has 18 aliphatic rings. The molecule has 0 spiro atoms. The maximum absolute atomic E-state index is 12.4. The number of carbonyl (C=O) groups excluding carboxylic acids is 7. The quantitative estimate of drug-likeness (QED) is 0.0565. The highest BCUT2D eigenvalue weighted by Crippen LogP contribution is 2.64. The van der Waals surface area contributed by atoms with Crippen LogP contribution >= 0.6 is 0 Å². The molecule has 0 aromatic heterocycles. The first-order valence-electron chi connectivity index (χ1n) is 42.3. The second kappa shape index (κ2) is 32.5. The van der Waals surface area contributed by atoms with Crippen molar-refractivity contribution in [2.24, 2.45) is 97.1 Å². The molecule has 109 heavy (non-hydrogen) atoms. The van der Waals surface area contributed by atoms with Crippen molar-refractivity contribution >= 4 is 41.8 Å². The molecule has 6 saturated heterocycles. The number of carbonyl (C=O) groups is 7. The van der Waals surface area contributed by atoms with E-state index in [1.807, 2.05) is 90.0 Å². The lowest BCUT2D eigenvalue weighted by atomic mass is 9.52. The van der Waals surface area contributed by atoms with E-state index in [0.29, 0.717) is 88.9 Å². The fourth-order valence-corrected chi connectivity index (χ4v) is 21.7. The summed E-state index contributed by atoms with van der Waals surface area (Å²) in [5.74, 6) is 4.46. The van der Waals surface area contributed by atoms with Crippen LogP contribution in [0.25, 0.3) is 0 Å². The van der Waals surface area contributed by atoms with Crippen LogP contribution in [-0.4, -0.2) is 184 Å². The maximum atomic E-state index is 12.4. The molecule has 23 nitrogen and oxygen atoms in total. The number of hydrogen-bond acceptors (Lipinski definition) is 23. The SMILES string of the molecule is CCC(C)(C)C(=O)OC12CC3CC(CC(O)(C3)C1)C2.CCC(C)(C)C(=O)OC1C2CC3C(=O)OC1C3C2.CCC(C)(C)C(=O)OC1CCOC1=O.CCC(C)(C)C(=O)OC1COC2C(OCOC3C4(C)CCC(C4)C3(C)C)COC12.CCC(C)(C)C(=O)OC1COC2C(OCOC3C4CC5CC(C4)CC3C5)COC12. The van der Waals surface area contributed by atoms with E-state index in [2.05, 4.69) is 20.8 Å². The van der Waals surface area contributed by atoms with Gasteiger partial charge in [-0.05, 0) is 250 Å². The van der Waals surface area contributed by atoms with Gasteiger partial charge >= 0.3 is 41.8 Å². The van der Waals surface area contributed by atoms with Crippen molar-refractivity contribution in [2.45, 2.75) is 356 Å². The summed E-state index contributed by atoms with van der Waals surface area (Å²) >= 11 is 0. The van der Waals surface area contributed by atoms with Gasteiger partial charge in [-0.3, -0.25) is 28.8 Å². The summed E-state index contributed by atoms with van der Waals surface area (Å²) in [5.41, 5.74) is -2.83. The molecule has 19 atom stereocenters. The Hall–Kier alpha value is -4.07. The van der Waals surface area contributed by atoms with Gasteiger partial charge in [-0.1, -0.05) is 55.4 Å². The summed E-state index contributed by atoms with van der Waals surface area (Å²) in [5, 5.41) is 10.6. The van der Waals surface area contributed by atoms with Crippen molar-refractivity contribution in [3.63, 3.8) is 0 Å². The van der Waals surface area contributed by atoms with E-state index < -0.39 is 44.7 Å². The minimum absolute atomic E-state index is 0.0779. The van der Waals surface area contributed by atoms with E-state index in [-0.39, 0.29) is 132 Å². The van der Waals surface area contributed by atoms with Crippen LogP contribution < -0.4 is 0 Å². The van der Waals surface area contributed by atoms with Crippen molar-refractivity contribution in [2.75, 3.05) is 46.6 Å². The Morgan fingerprint density at radius 3 is 1.36 bits per heavy atom. The van der Waals surface area contributed by atoms with Gasteiger partial charge in [-0.25, -0.2) is 4.79 Å². The topological polar surface area (TPSA) is 278 Å². The fourth-order valence-electron chi connectivity index (χ4n) is 21.7. The highest BCUT2D eigenvalue weighted by atomic mass is 16.7. The Balaban J connectivity index is 0.000000130. The first kappa shape index (κ1) is 84.3. The standard InChI is InChI=1S/C23H36O6.C23H38O6.C16H26O3.C14H20O4.C10H16O4/c1-4-23(2,3)22(24)29-18-11-26-20-17(10-25-21(18)20)27-12-28-19-15-6-13-5-14(8-15)9-16(19)7-13;1-7-21(2,3)20(24)29-16-12-26-17-15(11-25-18(16)17)27-13-28-19-22(4,5)14-8-9-23(19,6)10-14;1-4-14(2,3)13(17)19-16-8-11-5-12(9-16)7-15(18,6-11)10-16;1-4-14(2,3)13(16)18-10-7-5-8-9(6-7)12(15)17-11(8)10;1-4-10(2,3)9(12)14-7-5-6-13-8(7)11/h13-21H,4-12H2,1-3H3;14-19H,7-13H2,1-6H3;11-12,18H,4-10H2,1-3H3;7-11H,4-6H2,1-3H3;7H,4-6H2,1-3H3. The molecule has 18 rings (SSSR count). The van der Waals surface area contributed by atoms with E-state index in [9.17, 15) is 38.7 Å². The number of cyclic esters (lactones) is 1. The van der Waals surface area contributed by atoms with Crippen LogP contribution in [0.4, 0.5) is 0 Å². The number of ether oxygens (including phenoxy) is 15. The summed E-state index contributed by atoms with van der Waals surface area (Å²) in [6.45, 7) is 38.4. The third kappa shape index (κ3) is 17.7. The number of esters is 7. The summed E-state index contributed by atoms with van der Waals surface area (Å²) in [4.78, 5) is 83.5. The van der Waals surface area contributed by atoms with Crippen LogP contribution in [0.5, 0.6) is 0 Å². The summed E-state index contributed by atoms with van der Waals surface area (Å²) in [7, 11) is 0. The zero-order valence-corrected chi connectivity index (χ0v) is 69.2. The third-order valence-electron chi connectivity index (χ3n) is 30.0. The van der Waals surface area contributed by atoms with Crippen molar-refractivity contribution in [1.82, 2.24) is 0 Å². The Labute approximate surface area is 648 Å². The Bertz CT molecular complexity index is 3200. The van der Waals surface area contributed by atoms with E-state index in [1.165, 1.54) is 57.8 Å². The first-order chi connectivity index (χ1) is 51.2. The lowest BCUT2D eigenvalue weighted by Gasteiger charge is -2.59. The van der Waals surface area contributed by atoms with Crippen LogP contribution in [0.15, 0.2) is 0 Å². The second-order valence-electron chi connectivity index (χ2n) is 40.3. The molecule has 19 unspecified atom stereocenters. The molecule has 6 aliphatic heterocycles. The molecule has 618 valence electrons. The van der Waals surface area contributed by atoms with Gasteiger partial charge in [0.25, 0.3) is 0 Å². The summed E-state index contributed by atoms with van der Waals surface area (Å²) in [6, 6.07) is 0. The molecule has 0 aromatic rings. The molecule has 0 radical (unpaired) electrons. The predicted octanol–water partition coefficient (Wildman–Crippen LogP) is 13.3. The zero-order chi connectivity index (χ0) is 78.9. The molecule has 12 aliphatic carbocycles. The van der Waals surface area contributed by atoms with Crippen molar-refractivity contribution < 1.29 is 110 Å². The number of hydrogen-bond donors (Lipinski definition) is 1. The lowest BCUT2D eigenvalue weighted by molar-refractivity contribution is -0.225. The van der Waals surface area contributed by atoms with Gasteiger partial charge in [0.15, 0.2) is 12.2 Å². The second-order valence-corrected chi connectivity index (χ2v) is 40.3. The van der Waals surface area contributed by atoms with Gasteiger partial charge in [-0.2, -0.15) is 0 Å². The summed E-state index contributed by atoms with van der Waals surface area (Å²) in [6.07, 6.45) is 19.9. The zero-order valence-electron chi connectivity index (χ0n) is 69.2. The maximum Gasteiger partial charge on any atom is 0.347 e. The van der Waals surface area contributed by atoms with Gasteiger partial charge < -0.3 is 76.2 Å². The van der Waals surface area contributed by atoms with Crippen LogP contribution in [0, 0.1) is 97.1 Å². The Morgan fingerprint density at radius 1 is 0.459 bits per heavy atom. The lowest BCUT2D eigenvalue weighted by Crippen LogP contribution is -2.61. The summed E-state index contributed by atoms with van der Waals surface area (Å²) < 4.78 is 86.5. The van der Waals surface area contributed by atoms with Crippen molar-refractivity contribution in [3.8, 4) is 0 Å². The van der Waals surface area contributed by atoms with E-state index in [1.54, 1.807) is 13.8 Å². The van der Waals surface area contributed by atoms with E-state index in [4.69, 9.17) is 71.1 Å². The van der Waals surface area contributed by atoms with Crippen molar-refractivity contribution in [3.05, 3.63) is 0 Å². The molecule has 6 heterocycles. The molecule has 12 bridgehead atoms. The predicted molar refractivity (Wildman–Crippen MR) is 398 cm³/mol. The van der Waals surface area contributed by atoms with Crippen LogP contribution in [0.1, 0.15) is 266 Å². The van der Waals surface area contributed by atoms with Crippen LogP contribution in [0.3, 0.4) is 0 Å². The van der Waals surface area contributed by atoms with Crippen molar-refractivity contribution in [1.29, 1.82) is 0 Å². The highest BCUT2D eigenvalue weighted by Gasteiger charge is 2.65. The number of aliphatic hydroxyl groups is 1. The fraction of sp³-hybridized carbons (Fsp3) is 0.919. The number of rotatable bonds is 23.